The van der Waals surface area contributed by atoms with Crippen LogP contribution in [0.2, 0.25) is 0 Å². The van der Waals surface area contributed by atoms with Crippen molar-refractivity contribution in [2.75, 3.05) is 0 Å². The van der Waals surface area contributed by atoms with Crippen molar-refractivity contribution < 1.29 is 0 Å². The van der Waals surface area contributed by atoms with Crippen LogP contribution >= 0.6 is 21.6 Å². The van der Waals surface area contributed by atoms with Crippen molar-refractivity contribution >= 4 is 26.6 Å². The molecule has 0 saturated carbocycles. The summed E-state index contributed by atoms with van der Waals surface area (Å²) in [7, 11) is 3.71. The van der Waals surface area contributed by atoms with Crippen molar-refractivity contribution in [1.82, 2.24) is 0 Å². The van der Waals surface area contributed by atoms with E-state index in [1.54, 1.807) is 10.8 Å². The SMILES string of the molecule is CCCCC1(C)C=CN=C(SSC(C)CC)C=C1. The summed E-state index contributed by atoms with van der Waals surface area (Å²) in [6.07, 6.45) is 13.7. The van der Waals surface area contributed by atoms with Crippen LogP contribution in [-0.4, -0.2) is 10.3 Å². The summed E-state index contributed by atoms with van der Waals surface area (Å²) >= 11 is 0. The highest BCUT2D eigenvalue weighted by molar-refractivity contribution is 8.82. The van der Waals surface area contributed by atoms with E-state index in [0.29, 0.717) is 5.25 Å². The fourth-order valence-electron chi connectivity index (χ4n) is 1.61. The maximum atomic E-state index is 4.52. The summed E-state index contributed by atoms with van der Waals surface area (Å²) in [6.45, 7) is 9.03. The molecule has 0 aliphatic carbocycles. The van der Waals surface area contributed by atoms with Crippen molar-refractivity contribution in [3.8, 4) is 0 Å². The van der Waals surface area contributed by atoms with E-state index in [4.69, 9.17) is 0 Å². The first-order chi connectivity index (χ1) is 8.59. The Morgan fingerprint density at radius 1 is 1.33 bits per heavy atom. The minimum absolute atomic E-state index is 0.183. The second-order valence-corrected chi connectivity index (χ2v) is 7.78. The molecule has 102 valence electrons. The minimum atomic E-state index is 0.183. The monoisotopic (exact) mass is 283 g/mol. The second-order valence-electron chi connectivity index (χ2n) is 5.12. The minimum Gasteiger partial charge on any atom is -0.249 e. The molecule has 1 aliphatic heterocycles. The van der Waals surface area contributed by atoms with Gasteiger partial charge in [-0.2, -0.15) is 0 Å². The Morgan fingerprint density at radius 2 is 2.11 bits per heavy atom. The Labute approximate surface area is 120 Å². The summed E-state index contributed by atoms with van der Waals surface area (Å²) < 4.78 is 0. The molecule has 1 rings (SSSR count). The number of allylic oxidation sites excluding steroid dienone is 2. The van der Waals surface area contributed by atoms with Gasteiger partial charge in [-0.05, 0) is 29.7 Å². The van der Waals surface area contributed by atoms with E-state index in [0.717, 1.165) is 5.04 Å². The lowest BCUT2D eigenvalue weighted by molar-refractivity contribution is 0.475. The van der Waals surface area contributed by atoms with Crippen LogP contribution in [-0.2, 0) is 0 Å². The molecular formula is C15H25NS2. The summed E-state index contributed by atoms with van der Waals surface area (Å²) in [5.41, 5.74) is 0.183. The van der Waals surface area contributed by atoms with Crippen LogP contribution < -0.4 is 0 Å². The van der Waals surface area contributed by atoms with Crippen molar-refractivity contribution in [2.24, 2.45) is 10.4 Å². The number of nitrogens with zero attached hydrogens (tertiary/aromatic N) is 1. The first kappa shape index (κ1) is 15.9. The van der Waals surface area contributed by atoms with E-state index < -0.39 is 0 Å². The fraction of sp³-hybridized carbons (Fsp3) is 0.667. The van der Waals surface area contributed by atoms with Crippen molar-refractivity contribution in [3.05, 3.63) is 24.4 Å². The van der Waals surface area contributed by atoms with Crippen LogP contribution in [0.15, 0.2) is 29.4 Å². The van der Waals surface area contributed by atoms with Gasteiger partial charge in [0.2, 0.25) is 0 Å². The molecule has 0 radical (unpaired) electrons. The number of hydrogen-bond donors (Lipinski definition) is 0. The third-order valence-corrected chi connectivity index (χ3v) is 6.16. The molecule has 0 saturated heterocycles. The van der Waals surface area contributed by atoms with Gasteiger partial charge >= 0.3 is 0 Å². The molecule has 0 fully saturated rings. The molecule has 0 aromatic heterocycles. The van der Waals surface area contributed by atoms with E-state index in [1.807, 2.05) is 17.0 Å². The molecule has 2 atom stereocenters. The predicted molar refractivity (Wildman–Crippen MR) is 88.3 cm³/mol. The highest BCUT2D eigenvalue weighted by Gasteiger charge is 2.18. The molecule has 18 heavy (non-hydrogen) atoms. The molecule has 2 unspecified atom stereocenters. The molecule has 0 aromatic carbocycles. The van der Waals surface area contributed by atoms with Gasteiger partial charge in [0.15, 0.2) is 0 Å². The summed E-state index contributed by atoms with van der Waals surface area (Å²) in [6, 6.07) is 0. The van der Waals surface area contributed by atoms with Crippen molar-refractivity contribution in [2.45, 2.75) is 58.6 Å². The van der Waals surface area contributed by atoms with Gasteiger partial charge in [0.1, 0.15) is 5.04 Å². The van der Waals surface area contributed by atoms with Crippen LogP contribution in [0, 0.1) is 5.41 Å². The van der Waals surface area contributed by atoms with Crippen molar-refractivity contribution in [3.63, 3.8) is 0 Å². The highest BCUT2D eigenvalue weighted by atomic mass is 33.1. The molecule has 1 heterocycles. The number of aliphatic imine (C=N–C) groups is 1. The van der Waals surface area contributed by atoms with E-state index in [1.165, 1.54) is 25.7 Å². The Morgan fingerprint density at radius 3 is 2.78 bits per heavy atom. The quantitative estimate of drug-likeness (QED) is 0.567. The summed E-state index contributed by atoms with van der Waals surface area (Å²) in [5, 5.41) is 1.81. The van der Waals surface area contributed by atoms with Crippen LogP contribution in [0.25, 0.3) is 0 Å². The van der Waals surface area contributed by atoms with Gasteiger partial charge in [0, 0.05) is 16.9 Å². The normalized spacial score (nSPS) is 24.8. The molecule has 0 N–H and O–H groups in total. The zero-order valence-corrected chi connectivity index (χ0v) is 13.6. The van der Waals surface area contributed by atoms with Crippen LogP contribution in [0.5, 0.6) is 0 Å². The van der Waals surface area contributed by atoms with Gasteiger partial charge in [-0.15, -0.1) is 0 Å². The summed E-state index contributed by atoms with van der Waals surface area (Å²) in [4.78, 5) is 4.52. The van der Waals surface area contributed by atoms with Crippen LogP contribution in [0.4, 0.5) is 0 Å². The third-order valence-electron chi connectivity index (χ3n) is 3.21. The van der Waals surface area contributed by atoms with Gasteiger partial charge in [-0.25, -0.2) is 4.99 Å². The van der Waals surface area contributed by atoms with E-state index in [9.17, 15) is 0 Å². The van der Waals surface area contributed by atoms with E-state index in [2.05, 4.69) is 50.9 Å². The molecule has 0 bridgehead atoms. The number of unbranched alkanes of at least 4 members (excludes halogenated alkanes) is 1. The predicted octanol–water partition coefficient (Wildman–Crippen LogP) is 5.84. The lowest BCUT2D eigenvalue weighted by Gasteiger charge is -2.20. The molecule has 0 spiro atoms. The zero-order valence-electron chi connectivity index (χ0n) is 12.0. The first-order valence-corrected chi connectivity index (χ1v) is 9.09. The Hall–Kier alpha value is -0.150. The lowest BCUT2D eigenvalue weighted by atomic mass is 9.85. The topological polar surface area (TPSA) is 12.4 Å². The van der Waals surface area contributed by atoms with Gasteiger partial charge in [-0.1, -0.05) is 63.5 Å². The fourth-order valence-corrected chi connectivity index (χ4v) is 3.73. The smallest absolute Gasteiger partial charge is 0.106 e. The standard InChI is InChI=1S/C15H25NS2/c1-5-7-9-15(4)10-8-14(16-12-11-15)18-17-13(3)6-2/h8,10-13H,5-7,9H2,1-4H3. The average molecular weight is 284 g/mol. The molecule has 0 aromatic rings. The Kier molecular flexibility index (Phi) is 7.16. The molecule has 1 nitrogen and oxygen atoms in total. The largest absolute Gasteiger partial charge is 0.249 e. The highest BCUT2D eigenvalue weighted by Crippen LogP contribution is 2.34. The second kappa shape index (κ2) is 8.11. The molecular weight excluding hydrogens is 258 g/mol. The molecule has 3 heteroatoms. The maximum absolute atomic E-state index is 4.52. The Bertz CT molecular complexity index is 333. The van der Waals surface area contributed by atoms with Gasteiger partial charge in [0.05, 0.1) is 0 Å². The number of rotatable bonds is 6. The van der Waals surface area contributed by atoms with Crippen LogP contribution in [0.3, 0.4) is 0 Å². The third kappa shape index (κ3) is 5.66. The maximum Gasteiger partial charge on any atom is 0.106 e. The van der Waals surface area contributed by atoms with Crippen LogP contribution in [0.1, 0.15) is 53.4 Å². The lowest BCUT2D eigenvalue weighted by Crippen LogP contribution is -2.08. The number of hydrogen-bond acceptors (Lipinski definition) is 3. The van der Waals surface area contributed by atoms with E-state index >= 15 is 0 Å². The van der Waals surface area contributed by atoms with Gasteiger partial charge in [0.25, 0.3) is 0 Å². The van der Waals surface area contributed by atoms with Gasteiger partial charge in [-0.3, -0.25) is 0 Å². The van der Waals surface area contributed by atoms with Crippen molar-refractivity contribution in [1.29, 1.82) is 0 Å². The average Bonchev–Trinajstić information content (AvgIpc) is 2.56. The summed E-state index contributed by atoms with van der Waals surface area (Å²) in [5.74, 6) is 0. The first-order valence-electron chi connectivity index (χ1n) is 6.87. The Balaban J connectivity index is 2.53. The molecule has 1 aliphatic rings. The molecule has 0 amide bonds. The zero-order chi connectivity index (χ0) is 13.4. The van der Waals surface area contributed by atoms with Gasteiger partial charge < -0.3 is 0 Å². The van der Waals surface area contributed by atoms with E-state index in [-0.39, 0.29) is 5.41 Å².